The lowest BCUT2D eigenvalue weighted by Gasteiger charge is -2.20. The lowest BCUT2D eigenvalue weighted by atomic mass is 10.3. The summed E-state index contributed by atoms with van der Waals surface area (Å²) in [5, 5.41) is 0. The Balaban J connectivity index is 2.56. The molecule has 0 fully saturated rings. The van der Waals surface area contributed by atoms with Crippen LogP contribution in [-0.4, -0.2) is 16.8 Å². The molecule has 0 aromatic heterocycles. The molecule has 104 valence electrons. The van der Waals surface area contributed by atoms with Crippen LogP contribution in [0.25, 0.3) is 0 Å². The van der Waals surface area contributed by atoms with Crippen molar-refractivity contribution in [3.8, 4) is 0 Å². The Hall–Kier alpha value is -0.700. The lowest BCUT2D eigenvalue weighted by molar-refractivity contribution is 0.570. The van der Waals surface area contributed by atoms with Crippen molar-refractivity contribution < 1.29 is 16.8 Å². The van der Waals surface area contributed by atoms with Gasteiger partial charge in [-0.25, -0.2) is 16.8 Å². The molecule has 0 N–H and O–H groups in total. The SMILES string of the molecule is O=S1(=O)c2ccccc2S(=O)(=O)c2cc(Br)c(Br)cc21. The Kier molecular flexibility index (Phi) is 3.13. The van der Waals surface area contributed by atoms with Gasteiger partial charge in [0.25, 0.3) is 0 Å². The van der Waals surface area contributed by atoms with Crippen LogP contribution in [0.2, 0.25) is 0 Å². The van der Waals surface area contributed by atoms with E-state index in [1.165, 1.54) is 36.4 Å². The molecule has 1 aliphatic heterocycles. The highest BCUT2D eigenvalue weighted by Crippen LogP contribution is 2.42. The van der Waals surface area contributed by atoms with Crippen molar-refractivity contribution in [2.45, 2.75) is 19.6 Å². The summed E-state index contributed by atoms with van der Waals surface area (Å²) < 4.78 is 51.1. The third-order valence-corrected chi connectivity index (χ3v) is 8.80. The highest BCUT2D eigenvalue weighted by Gasteiger charge is 2.39. The molecule has 0 spiro atoms. The minimum absolute atomic E-state index is 0.179. The van der Waals surface area contributed by atoms with Crippen LogP contribution in [0, 0.1) is 0 Å². The van der Waals surface area contributed by atoms with Gasteiger partial charge in [0.1, 0.15) is 0 Å². The van der Waals surface area contributed by atoms with Crippen molar-refractivity contribution in [3.63, 3.8) is 0 Å². The molecule has 4 nitrogen and oxygen atoms in total. The van der Waals surface area contributed by atoms with Gasteiger partial charge in [0, 0.05) is 8.95 Å². The largest absolute Gasteiger partial charge is 0.218 e. The van der Waals surface area contributed by atoms with E-state index < -0.39 is 19.7 Å². The zero-order valence-corrected chi connectivity index (χ0v) is 14.5. The first-order chi connectivity index (χ1) is 9.26. The fourth-order valence-corrected chi connectivity index (χ4v) is 7.22. The second-order valence-electron chi connectivity index (χ2n) is 4.17. The summed E-state index contributed by atoms with van der Waals surface area (Å²) in [7, 11) is -7.68. The monoisotopic (exact) mass is 436 g/mol. The fraction of sp³-hybridized carbons (Fsp3) is 0. The molecule has 0 amide bonds. The van der Waals surface area contributed by atoms with Gasteiger partial charge >= 0.3 is 0 Å². The Labute approximate surface area is 132 Å². The Morgan fingerprint density at radius 3 is 1.35 bits per heavy atom. The van der Waals surface area contributed by atoms with E-state index in [4.69, 9.17) is 0 Å². The lowest BCUT2D eigenvalue weighted by Crippen LogP contribution is -2.19. The first kappa shape index (κ1) is 14.2. The molecule has 0 saturated carbocycles. The quantitative estimate of drug-likeness (QED) is 0.541. The van der Waals surface area contributed by atoms with E-state index in [2.05, 4.69) is 31.9 Å². The van der Waals surface area contributed by atoms with Gasteiger partial charge < -0.3 is 0 Å². The topological polar surface area (TPSA) is 68.3 Å². The molecule has 3 rings (SSSR count). The zero-order valence-electron chi connectivity index (χ0n) is 9.67. The van der Waals surface area contributed by atoms with Crippen LogP contribution in [-0.2, 0) is 19.7 Å². The first-order valence-electron chi connectivity index (χ1n) is 5.34. The molecule has 8 heteroatoms. The van der Waals surface area contributed by atoms with Gasteiger partial charge in [-0.1, -0.05) is 12.1 Å². The number of halogens is 2. The normalized spacial score (nSPS) is 18.1. The van der Waals surface area contributed by atoms with Crippen LogP contribution in [0.15, 0.2) is 64.9 Å². The van der Waals surface area contributed by atoms with Crippen molar-refractivity contribution in [1.82, 2.24) is 0 Å². The zero-order chi connectivity index (χ0) is 14.7. The van der Waals surface area contributed by atoms with Crippen LogP contribution >= 0.6 is 31.9 Å². The van der Waals surface area contributed by atoms with E-state index in [1.807, 2.05) is 0 Å². The van der Waals surface area contributed by atoms with Crippen molar-refractivity contribution in [3.05, 3.63) is 45.3 Å². The van der Waals surface area contributed by atoms with Gasteiger partial charge in [-0.3, -0.25) is 0 Å². The van der Waals surface area contributed by atoms with E-state index in [0.29, 0.717) is 8.95 Å². The summed E-state index contributed by atoms with van der Waals surface area (Å²) in [6.07, 6.45) is 0. The van der Waals surface area contributed by atoms with Gasteiger partial charge in [0.2, 0.25) is 19.7 Å². The second kappa shape index (κ2) is 4.40. The maximum atomic E-state index is 12.5. The van der Waals surface area contributed by atoms with Crippen LogP contribution in [0.4, 0.5) is 0 Å². The molecule has 2 aromatic carbocycles. The van der Waals surface area contributed by atoms with Gasteiger partial charge in [-0.05, 0) is 56.1 Å². The third-order valence-electron chi connectivity index (χ3n) is 2.99. The van der Waals surface area contributed by atoms with Gasteiger partial charge in [0.05, 0.1) is 19.6 Å². The fourth-order valence-electron chi connectivity index (χ4n) is 2.06. The molecule has 0 bridgehead atoms. The second-order valence-corrected chi connectivity index (χ2v) is 9.65. The molecular formula is C12H6Br2O4S2. The smallest absolute Gasteiger partial charge is 0.209 e. The standard InChI is InChI=1S/C12H6Br2O4S2/c13-7-5-11-12(6-8(7)14)20(17,18)10-4-2-1-3-9(10)19(11,15)16/h1-6H. The minimum atomic E-state index is -3.84. The van der Waals surface area contributed by atoms with Gasteiger partial charge in [0.15, 0.2) is 0 Å². The average molecular weight is 438 g/mol. The molecule has 0 saturated heterocycles. The summed E-state index contributed by atoms with van der Waals surface area (Å²) in [4.78, 5) is -0.763. The Morgan fingerprint density at radius 2 is 1.00 bits per heavy atom. The van der Waals surface area contributed by atoms with Crippen molar-refractivity contribution in [2.75, 3.05) is 0 Å². The van der Waals surface area contributed by atoms with Crippen molar-refractivity contribution in [1.29, 1.82) is 0 Å². The maximum Gasteiger partial charge on any atom is 0.209 e. The van der Waals surface area contributed by atoms with Crippen LogP contribution < -0.4 is 0 Å². The number of benzene rings is 2. The van der Waals surface area contributed by atoms with E-state index in [9.17, 15) is 16.8 Å². The van der Waals surface area contributed by atoms with Crippen LogP contribution in [0.5, 0.6) is 0 Å². The number of hydrogen-bond donors (Lipinski definition) is 0. The molecule has 0 unspecified atom stereocenters. The highest BCUT2D eigenvalue weighted by molar-refractivity contribution is 9.13. The summed E-state index contributed by atoms with van der Waals surface area (Å²) in [5.74, 6) is 0. The van der Waals surface area contributed by atoms with Gasteiger partial charge in [-0.2, -0.15) is 0 Å². The number of fused-ring (bicyclic) bond motifs is 2. The molecule has 0 atom stereocenters. The molecule has 0 aliphatic carbocycles. The van der Waals surface area contributed by atoms with Crippen molar-refractivity contribution in [2.24, 2.45) is 0 Å². The highest BCUT2D eigenvalue weighted by atomic mass is 79.9. The average Bonchev–Trinajstić information content (AvgIpc) is 2.40. The molecule has 1 heterocycles. The first-order valence-corrected chi connectivity index (χ1v) is 9.90. The van der Waals surface area contributed by atoms with E-state index in [0.717, 1.165) is 0 Å². The summed E-state index contributed by atoms with van der Waals surface area (Å²) in [6, 6.07) is 8.24. The van der Waals surface area contributed by atoms with Crippen LogP contribution in [0.1, 0.15) is 0 Å². The third kappa shape index (κ3) is 1.82. The van der Waals surface area contributed by atoms with Crippen molar-refractivity contribution >= 4 is 51.5 Å². The molecular weight excluding hydrogens is 432 g/mol. The predicted octanol–water partition coefficient (Wildman–Crippen LogP) is 3.19. The summed E-state index contributed by atoms with van der Waals surface area (Å²) in [5.41, 5.74) is 0. The number of sulfone groups is 2. The molecule has 0 radical (unpaired) electrons. The Bertz CT molecular complexity index is 869. The van der Waals surface area contributed by atoms with Gasteiger partial charge in [-0.15, -0.1) is 0 Å². The number of hydrogen-bond acceptors (Lipinski definition) is 4. The van der Waals surface area contributed by atoms with Crippen LogP contribution in [0.3, 0.4) is 0 Å². The minimum Gasteiger partial charge on any atom is -0.218 e. The van der Waals surface area contributed by atoms with E-state index >= 15 is 0 Å². The number of rotatable bonds is 0. The molecule has 1 aliphatic rings. The predicted molar refractivity (Wildman–Crippen MR) is 79.2 cm³/mol. The molecule has 20 heavy (non-hydrogen) atoms. The van der Waals surface area contributed by atoms with E-state index in [-0.39, 0.29) is 19.6 Å². The summed E-state index contributed by atoms with van der Waals surface area (Å²) >= 11 is 6.39. The summed E-state index contributed by atoms with van der Waals surface area (Å²) in [6.45, 7) is 0. The molecule has 2 aromatic rings. The maximum absolute atomic E-state index is 12.5. The Morgan fingerprint density at radius 1 is 0.650 bits per heavy atom. The van der Waals surface area contributed by atoms with E-state index in [1.54, 1.807) is 0 Å².